The van der Waals surface area contributed by atoms with Gasteiger partial charge in [0.15, 0.2) is 0 Å². The van der Waals surface area contributed by atoms with Crippen LogP contribution in [0, 0.1) is 5.41 Å². The quantitative estimate of drug-likeness (QED) is 0.849. The summed E-state index contributed by atoms with van der Waals surface area (Å²) < 4.78 is 10.9. The lowest BCUT2D eigenvalue weighted by Gasteiger charge is -2.23. The van der Waals surface area contributed by atoms with Crippen LogP contribution in [0.15, 0.2) is 9.85 Å². The van der Waals surface area contributed by atoms with E-state index in [2.05, 4.69) is 15.9 Å². The van der Waals surface area contributed by atoms with Crippen molar-refractivity contribution in [3.63, 3.8) is 0 Å². The lowest BCUT2D eigenvalue weighted by molar-refractivity contribution is -0.151. The monoisotopic (exact) mass is 377 g/mol. The summed E-state index contributed by atoms with van der Waals surface area (Å²) in [5.74, 6) is -0.503. The smallest absolute Gasteiger partial charge is 0.313 e. The van der Waals surface area contributed by atoms with Crippen molar-refractivity contribution in [2.75, 3.05) is 33.9 Å². The number of hydrogen-bond donors (Lipinski definition) is 1. The first kappa shape index (κ1) is 16.3. The minimum absolute atomic E-state index is 0.101. The van der Waals surface area contributed by atoms with E-state index >= 15 is 0 Å². The molecule has 1 aromatic heterocycles. The summed E-state index contributed by atoms with van der Waals surface area (Å²) in [6.45, 7) is 0.669. The van der Waals surface area contributed by atoms with Crippen LogP contribution in [0.5, 0.6) is 5.75 Å². The van der Waals surface area contributed by atoms with Crippen molar-refractivity contribution in [3.05, 3.63) is 14.7 Å². The summed E-state index contributed by atoms with van der Waals surface area (Å²) >= 11 is 4.61. The lowest BCUT2D eigenvalue weighted by Crippen LogP contribution is -2.40. The van der Waals surface area contributed by atoms with Gasteiger partial charge in [-0.1, -0.05) is 0 Å². The van der Waals surface area contributed by atoms with Gasteiger partial charge in [-0.15, -0.1) is 11.3 Å². The highest BCUT2D eigenvalue weighted by Crippen LogP contribution is 2.37. The molecule has 1 amide bonds. The molecule has 0 saturated carbocycles. The molecular weight excluding hydrogens is 362 g/mol. The molecule has 0 radical (unpaired) electrons. The highest BCUT2D eigenvalue weighted by molar-refractivity contribution is 9.11. The number of amides is 1. The van der Waals surface area contributed by atoms with E-state index in [9.17, 15) is 14.7 Å². The highest BCUT2D eigenvalue weighted by Gasteiger charge is 2.46. The van der Waals surface area contributed by atoms with E-state index in [1.807, 2.05) is 0 Å². The maximum Gasteiger partial charge on any atom is 0.313 e. The first-order valence-electron chi connectivity index (χ1n) is 6.28. The Balaban J connectivity index is 2.16. The SMILES string of the molecule is COCC1(C(=O)O)CCN(C(=O)c2cc(OC)c(Br)s2)C1. The van der Waals surface area contributed by atoms with Crippen LogP contribution >= 0.6 is 27.3 Å². The Hall–Kier alpha value is -1.12. The van der Waals surface area contributed by atoms with Crippen LogP contribution in [0.25, 0.3) is 0 Å². The third-order valence-corrected chi connectivity index (χ3v) is 5.37. The van der Waals surface area contributed by atoms with Crippen molar-refractivity contribution in [3.8, 4) is 5.75 Å². The van der Waals surface area contributed by atoms with E-state index < -0.39 is 11.4 Å². The number of halogens is 1. The van der Waals surface area contributed by atoms with Crippen molar-refractivity contribution in [1.29, 1.82) is 0 Å². The number of methoxy groups -OCH3 is 2. The number of carboxylic acids is 1. The molecule has 1 N–H and O–H groups in total. The zero-order valence-electron chi connectivity index (χ0n) is 11.7. The van der Waals surface area contributed by atoms with Gasteiger partial charge in [-0.3, -0.25) is 9.59 Å². The Morgan fingerprint density at radius 1 is 1.52 bits per heavy atom. The van der Waals surface area contributed by atoms with Gasteiger partial charge in [0.05, 0.1) is 18.6 Å². The Labute approximate surface area is 134 Å². The van der Waals surface area contributed by atoms with Crippen LogP contribution in [-0.2, 0) is 9.53 Å². The van der Waals surface area contributed by atoms with Gasteiger partial charge in [0, 0.05) is 26.3 Å². The van der Waals surface area contributed by atoms with Crippen molar-refractivity contribution < 1.29 is 24.2 Å². The maximum atomic E-state index is 12.5. The van der Waals surface area contributed by atoms with Gasteiger partial charge in [-0.25, -0.2) is 0 Å². The van der Waals surface area contributed by atoms with E-state index in [-0.39, 0.29) is 19.1 Å². The molecule has 21 heavy (non-hydrogen) atoms. The van der Waals surface area contributed by atoms with Crippen LogP contribution in [0.1, 0.15) is 16.1 Å². The Kier molecular flexibility index (Phi) is 4.90. The number of carbonyl (C=O) groups excluding carboxylic acids is 1. The third-order valence-electron chi connectivity index (χ3n) is 3.60. The van der Waals surface area contributed by atoms with Crippen LogP contribution in [-0.4, -0.2) is 55.8 Å². The second-order valence-electron chi connectivity index (χ2n) is 4.95. The Morgan fingerprint density at radius 3 is 2.76 bits per heavy atom. The van der Waals surface area contributed by atoms with E-state index in [0.29, 0.717) is 23.6 Å². The Bertz CT molecular complexity index is 561. The van der Waals surface area contributed by atoms with Crippen LogP contribution < -0.4 is 4.74 Å². The van der Waals surface area contributed by atoms with Crippen molar-refractivity contribution in [1.82, 2.24) is 4.90 Å². The molecule has 6 nitrogen and oxygen atoms in total. The fourth-order valence-electron chi connectivity index (χ4n) is 2.43. The van der Waals surface area contributed by atoms with Crippen molar-refractivity contribution in [2.45, 2.75) is 6.42 Å². The summed E-state index contributed by atoms with van der Waals surface area (Å²) in [4.78, 5) is 26.0. The number of rotatable bonds is 5. The van der Waals surface area contributed by atoms with Gasteiger partial charge in [0.2, 0.25) is 0 Å². The fourth-order valence-corrected chi connectivity index (χ4v) is 4.05. The summed E-state index contributed by atoms with van der Waals surface area (Å²) in [6.07, 6.45) is 0.394. The Morgan fingerprint density at radius 2 is 2.24 bits per heavy atom. The minimum Gasteiger partial charge on any atom is -0.495 e. The van der Waals surface area contributed by atoms with Gasteiger partial charge in [-0.05, 0) is 22.4 Å². The number of hydrogen-bond acceptors (Lipinski definition) is 5. The normalized spacial score (nSPS) is 21.6. The molecule has 1 saturated heterocycles. The van der Waals surface area contributed by atoms with Crippen LogP contribution in [0.2, 0.25) is 0 Å². The number of aliphatic carboxylic acids is 1. The number of carboxylic acid groups (broad SMARTS) is 1. The lowest BCUT2D eigenvalue weighted by atomic mass is 9.88. The molecular formula is C13H16BrNO5S. The molecule has 1 aliphatic heterocycles. The van der Waals surface area contributed by atoms with E-state index in [1.54, 1.807) is 11.0 Å². The molecule has 116 valence electrons. The number of carbonyl (C=O) groups is 2. The summed E-state index contributed by atoms with van der Waals surface area (Å²) in [6, 6.07) is 1.66. The molecule has 0 aliphatic carbocycles. The predicted octanol–water partition coefficient (Wildman–Crippen LogP) is 2.08. The van der Waals surface area contributed by atoms with E-state index in [4.69, 9.17) is 9.47 Å². The molecule has 1 atom stereocenters. The zero-order chi connectivity index (χ0) is 15.6. The topological polar surface area (TPSA) is 76.1 Å². The number of likely N-dealkylation sites (tertiary alicyclic amines) is 1. The van der Waals surface area contributed by atoms with Gasteiger partial charge in [-0.2, -0.15) is 0 Å². The molecule has 8 heteroatoms. The molecule has 1 aromatic rings. The number of ether oxygens (including phenoxy) is 2. The van der Waals surface area contributed by atoms with Crippen molar-refractivity contribution >= 4 is 39.1 Å². The van der Waals surface area contributed by atoms with Crippen LogP contribution in [0.3, 0.4) is 0 Å². The van der Waals surface area contributed by atoms with Gasteiger partial charge < -0.3 is 19.5 Å². The molecule has 0 bridgehead atoms. The van der Waals surface area contributed by atoms with Gasteiger partial charge >= 0.3 is 5.97 Å². The highest BCUT2D eigenvalue weighted by atomic mass is 79.9. The largest absolute Gasteiger partial charge is 0.495 e. The second kappa shape index (κ2) is 6.33. The summed E-state index contributed by atoms with van der Waals surface area (Å²) in [7, 11) is 3.00. The number of thiophene rings is 1. The second-order valence-corrected chi connectivity index (χ2v) is 7.32. The molecule has 2 rings (SSSR count). The summed E-state index contributed by atoms with van der Waals surface area (Å²) in [5, 5.41) is 9.41. The molecule has 1 fully saturated rings. The van der Waals surface area contributed by atoms with E-state index in [1.165, 1.54) is 25.6 Å². The first-order valence-corrected chi connectivity index (χ1v) is 7.89. The average Bonchev–Trinajstić information content (AvgIpc) is 3.03. The van der Waals surface area contributed by atoms with E-state index in [0.717, 1.165) is 3.79 Å². The summed E-state index contributed by atoms with van der Waals surface area (Å²) in [5.41, 5.74) is -1.01. The molecule has 0 aromatic carbocycles. The molecule has 1 aliphatic rings. The zero-order valence-corrected chi connectivity index (χ0v) is 14.1. The predicted molar refractivity (Wildman–Crippen MR) is 81.0 cm³/mol. The van der Waals surface area contributed by atoms with Crippen molar-refractivity contribution in [2.24, 2.45) is 5.41 Å². The minimum atomic E-state index is -1.01. The molecule has 1 unspecified atom stereocenters. The van der Waals surface area contributed by atoms with Gasteiger partial charge in [0.1, 0.15) is 15.0 Å². The number of nitrogens with zero attached hydrogens (tertiary/aromatic N) is 1. The average molecular weight is 378 g/mol. The van der Waals surface area contributed by atoms with Gasteiger partial charge in [0.25, 0.3) is 5.91 Å². The van der Waals surface area contributed by atoms with Crippen LogP contribution in [0.4, 0.5) is 0 Å². The standard InChI is InChI=1S/C13H16BrNO5S/c1-19-7-13(12(17)18)3-4-15(6-13)11(16)9-5-8(20-2)10(14)21-9/h5H,3-4,6-7H2,1-2H3,(H,17,18). The molecule has 2 heterocycles. The maximum absolute atomic E-state index is 12.5. The first-order chi connectivity index (χ1) is 9.93. The third kappa shape index (κ3) is 3.07. The fraction of sp³-hybridized carbons (Fsp3) is 0.538. The molecule has 0 spiro atoms.